The Kier molecular flexibility index (Phi) is 3.93. The maximum absolute atomic E-state index is 12.6. The van der Waals surface area contributed by atoms with Crippen LogP contribution in [0.5, 0.6) is 0 Å². The summed E-state index contributed by atoms with van der Waals surface area (Å²) in [6, 6.07) is 15.1. The molecule has 5 heteroatoms. The first kappa shape index (κ1) is 15.0. The van der Waals surface area contributed by atoms with Gasteiger partial charge in [0.15, 0.2) is 0 Å². The lowest BCUT2D eigenvalue weighted by Crippen LogP contribution is -2.50. The van der Waals surface area contributed by atoms with Crippen molar-refractivity contribution in [2.24, 2.45) is 0 Å². The number of likely N-dealkylation sites (N-methyl/N-ethyl adjacent to an activating group) is 1. The summed E-state index contributed by atoms with van der Waals surface area (Å²) in [5.41, 5.74) is 1.58. The molecule has 1 unspecified atom stereocenters. The van der Waals surface area contributed by atoms with Gasteiger partial charge in [-0.15, -0.1) is 0 Å². The van der Waals surface area contributed by atoms with Crippen LogP contribution < -0.4 is 5.32 Å². The molecule has 5 nitrogen and oxygen atoms in total. The monoisotopic (exact) mass is 308 g/mol. The number of amides is 3. The Morgan fingerprint density at radius 2 is 1.48 bits per heavy atom. The third-order valence-electron chi connectivity index (χ3n) is 3.96. The smallest absolute Gasteiger partial charge is 0.262 e. The van der Waals surface area contributed by atoms with E-state index >= 15 is 0 Å². The minimum atomic E-state index is -0.866. The van der Waals surface area contributed by atoms with E-state index in [1.54, 1.807) is 24.3 Å². The van der Waals surface area contributed by atoms with Gasteiger partial charge in [0, 0.05) is 13.5 Å². The first-order valence-electron chi connectivity index (χ1n) is 7.36. The lowest BCUT2D eigenvalue weighted by atomic mass is 10.0. The molecular weight excluding hydrogens is 292 g/mol. The van der Waals surface area contributed by atoms with E-state index < -0.39 is 17.9 Å². The molecule has 3 amide bonds. The van der Waals surface area contributed by atoms with Crippen molar-refractivity contribution in [3.8, 4) is 0 Å². The molecule has 0 fully saturated rings. The number of imide groups is 1. The van der Waals surface area contributed by atoms with Gasteiger partial charge < -0.3 is 5.32 Å². The van der Waals surface area contributed by atoms with Crippen LogP contribution in [-0.2, 0) is 11.2 Å². The molecule has 0 saturated heterocycles. The van der Waals surface area contributed by atoms with E-state index in [-0.39, 0.29) is 12.3 Å². The highest BCUT2D eigenvalue weighted by Crippen LogP contribution is 2.26. The van der Waals surface area contributed by atoms with Gasteiger partial charge in [-0.3, -0.25) is 19.3 Å². The SMILES string of the molecule is CNC(=O)C(Cc1ccccc1)N1C(=O)c2ccccc2C1=O. The number of carbonyl (C=O) groups excluding carboxylic acids is 3. The molecule has 1 aliphatic heterocycles. The topological polar surface area (TPSA) is 66.5 Å². The zero-order valence-electron chi connectivity index (χ0n) is 12.7. The second-order valence-corrected chi connectivity index (χ2v) is 5.35. The summed E-state index contributed by atoms with van der Waals surface area (Å²) in [5, 5.41) is 2.55. The van der Waals surface area contributed by atoms with Crippen molar-refractivity contribution in [3.63, 3.8) is 0 Å². The van der Waals surface area contributed by atoms with Crippen molar-refractivity contribution in [1.29, 1.82) is 0 Å². The van der Waals surface area contributed by atoms with Crippen LogP contribution in [0.3, 0.4) is 0 Å². The van der Waals surface area contributed by atoms with Crippen LogP contribution in [0.2, 0.25) is 0 Å². The van der Waals surface area contributed by atoms with E-state index in [1.807, 2.05) is 30.3 Å². The van der Waals surface area contributed by atoms with Crippen molar-refractivity contribution in [2.75, 3.05) is 7.05 Å². The van der Waals surface area contributed by atoms with Gasteiger partial charge in [0.25, 0.3) is 11.8 Å². The Bertz CT molecular complexity index is 736. The average molecular weight is 308 g/mol. The standard InChI is InChI=1S/C18H16N2O3/c1-19-16(21)15(11-12-7-3-2-4-8-12)20-17(22)13-9-5-6-10-14(13)18(20)23/h2-10,15H,11H2,1H3,(H,19,21). The van der Waals surface area contributed by atoms with Gasteiger partial charge >= 0.3 is 0 Å². The molecule has 0 spiro atoms. The van der Waals surface area contributed by atoms with Crippen LogP contribution in [0.4, 0.5) is 0 Å². The molecule has 0 bridgehead atoms. The maximum Gasteiger partial charge on any atom is 0.262 e. The molecule has 0 aliphatic carbocycles. The summed E-state index contributed by atoms with van der Waals surface area (Å²) in [6.45, 7) is 0. The molecule has 2 aromatic carbocycles. The molecule has 0 aromatic heterocycles. The van der Waals surface area contributed by atoms with E-state index in [4.69, 9.17) is 0 Å². The summed E-state index contributed by atoms with van der Waals surface area (Å²) in [7, 11) is 1.50. The van der Waals surface area contributed by atoms with E-state index in [2.05, 4.69) is 5.32 Å². The third-order valence-corrected chi connectivity index (χ3v) is 3.96. The molecule has 1 N–H and O–H groups in total. The predicted molar refractivity (Wildman–Crippen MR) is 84.9 cm³/mol. The fourth-order valence-electron chi connectivity index (χ4n) is 2.80. The summed E-state index contributed by atoms with van der Waals surface area (Å²) in [4.78, 5) is 38.5. The first-order chi connectivity index (χ1) is 11.1. The van der Waals surface area contributed by atoms with Crippen LogP contribution in [-0.4, -0.2) is 35.7 Å². The fraction of sp³-hybridized carbons (Fsp3) is 0.167. The number of hydrogen-bond donors (Lipinski definition) is 1. The number of rotatable bonds is 4. The second-order valence-electron chi connectivity index (χ2n) is 5.35. The molecule has 3 rings (SSSR count). The lowest BCUT2D eigenvalue weighted by Gasteiger charge is -2.24. The highest BCUT2D eigenvalue weighted by molar-refractivity contribution is 6.22. The number of carbonyl (C=O) groups is 3. The van der Waals surface area contributed by atoms with E-state index in [0.29, 0.717) is 11.1 Å². The van der Waals surface area contributed by atoms with Crippen LogP contribution in [0, 0.1) is 0 Å². The number of nitrogens with one attached hydrogen (secondary N) is 1. The Morgan fingerprint density at radius 3 is 2.00 bits per heavy atom. The third kappa shape index (κ3) is 2.61. The normalized spacial score (nSPS) is 14.6. The minimum absolute atomic E-state index is 0.284. The lowest BCUT2D eigenvalue weighted by molar-refractivity contribution is -0.124. The van der Waals surface area contributed by atoms with E-state index in [0.717, 1.165) is 10.5 Å². The van der Waals surface area contributed by atoms with Gasteiger partial charge in [-0.2, -0.15) is 0 Å². The molecule has 116 valence electrons. The largest absolute Gasteiger partial charge is 0.357 e. The maximum atomic E-state index is 12.6. The number of nitrogens with zero attached hydrogens (tertiary/aromatic N) is 1. The van der Waals surface area contributed by atoms with Gasteiger partial charge in [0.1, 0.15) is 6.04 Å². The molecule has 1 atom stereocenters. The fourth-order valence-corrected chi connectivity index (χ4v) is 2.80. The highest BCUT2D eigenvalue weighted by atomic mass is 16.2. The Hall–Kier alpha value is -2.95. The summed E-state index contributed by atoms with van der Waals surface area (Å²) < 4.78 is 0. The van der Waals surface area contributed by atoms with E-state index in [1.165, 1.54) is 7.05 Å². The summed E-state index contributed by atoms with van der Waals surface area (Å²) in [5.74, 6) is -1.20. The quantitative estimate of drug-likeness (QED) is 0.873. The molecule has 0 saturated carbocycles. The van der Waals surface area contributed by atoms with Crippen LogP contribution in [0.1, 0.15) is 26.3 Å². The van der Waals surface area contributed by atoms with Crippen LogP contribution in [0.15, 0.2) is 54.6 Å². The van der Waals surface area contributed by atoms with Crippen molar-refractivity contribution >= 4 is 17.7 Å². The van der Waals surface area contributed by atoms with Crippen molar-refractivity contribution in [3.05, 3.63) is 71.3 Å². The summed E-state index contributed by atoms with van der Waals surface area (Å²) in [6.07, 6.45) is 0.284. The second kappa shape index (κ2) is 6.04. The average Bonchev–Trinajstić information content (AvgIpc) is 2.85. The predicted octanol–water partition coefficient (Wildman–Crippen LogP) is 1.64. The molecule has 2 aromatic rings. The summed E-state index contributed by atoms with van der Waals surface area (Å²) >= 11 is 0. The molecule has 23 heavy (non-hydrogen) atoms. The Labute approximate surface area is 133 Å². The molecular formula is C18H16N2O3. The number of fused-ring (bicyclic) bond motifs is 1. The molecule has 1 aliphatic rings. The number of benzene rings is 2. The van der Waals surface area contributed by atoms with Gasteiger partial charge in [-0.05, 0) is 17.7 Å². The van der Waals surface area contributed by atoms with Gasteiger partial charge in [-0.1, -0.05) is 42.5 Å². The van der Waals surface area contributed by atoms with Gasteiger partial charge in [-0.25, -0.2) is 0 Å². The van der Waals surface area contributed by atoms with E-state index in [9.17, 15) is 14.4 Å². The zero-order valence-corrected chi connectivity index (χ0v) is 12.7. The molecule has 0 radical (unpaired) electrons. The number of hydrogen-bond acceptors (Lipinski definition) is 3. The minimum Gasteiger partial charge on any atom is -0.357 e. The van der Waals surface area contributed by atoms with Gasteiger partial charge in [0.2, 0.25) is 5.91 Å². The van der Waals surface area contributed by atoms with Crippen molar-refractivity contribution in [2.45, 2.75) is 12.5 Å². The highest BCUT2D eigenvalue weighted by Gasteiger charge is 2.42. The Morgan fingerprint density at radius 1 is 0.957 bits per heavy atom. The van der Waals surface area contributed by atoms with Crippen molar-refractivity contribution in [1.82, 2.24) is 10.2 Å². The van der Waals surface area contributed by atoms with Crippen LogP contribution in [0.25, 0.3) is 0 Å². The molecule has 1 heterocycles. The Balaban J connectivity index is 1.97. The van der Waals surface area contributed by atoms with Crippen LogP contribution >= 0.6 is 0 Å². The first-order valence-corrected chi connectivity index (χ1v) is 7.36. The van der Waals surface area contributed by atoms with Crippen molar-refractivity contribution < 1.29 is 14.4 Å². The zero-order chi connectivity index (χ0) is 16.4. The van der Waals surface area contributed by atoms with Gasteiger partial charge in [0.05, 0.1) is 11.1 Å².